The van der Waals surface area contributed by atoms with Gasteiger partial charge in [-0.2, -0.15) is 0 Å². The second-order valence-corrected chi connectivity index (χ2v) is 5.35. The Bertz CT molecular complexity index is 582. The van der Waals surface area contributed by atoms with Gasteiger partial charge >= 0.3 is 5.97 Å². The van der Waals surface area contributed by atoms with Crippen molar-refractivity contribution in [2.45, 2.75) is 6.61 Å². The highest BCUT2D eigenvalue weighted by Crippen LogP contribution is 2.26. The van der Waals surface area contributed by atoms with Gasteiger partial charge in [0.25, 0.3) is 0 Å². The van der Waals surface area contributed by atoms with Crippen LogP contribution in [0.2, 0.25) is 4.34 Å². The minimum absolute atomic E-state index is 0.138. The number of rotatable bonds is 4. The molecule has 0 bridgehead atoms. The van der Waals surface area contributed by atoms with Gasteiger partial charge in [0, 0.05) is 4.88 Å². The summed E-state index contributed by atoms with van der Waals surface area (Å²) in [4.78, 5) is 11.7. The maximum absolute atomic E-state index is 10.7. The summed E-state index contributed by atoms with van der Waals surface area (Å²) in [5, 5.41) is 8.80. The van der Waals surface area contributed by atoms with Crippen LogP contribution in [0.15, 0.2) is 30.3 Å². The lowest BCUT2D eigenvalue weighted by Crippen LogP contribution is -2.01. The number of halogens is 1. The highest BCUT2D eigenvalue weighted by atomic mass is 35.5. The number of hydrogen-bond donors (Lipinski definition) is 2. The molecule has 0 atom stereocenters. The Morgan fingerprint density at radius 1 is 1.39 bits per heavy atom. The molecule has 0 aliphatic rings. The van der Waals surface area contributed by atoms with Crippen LogP contribution in [0.4, 0.5) is 5.69 Å². The molecule has 0 saturated carbocycles. The van der Waals surface area contributed by atoms with Crippen LogP contribution in [-0.4, -0.2) is 11.1 Å². The van der Waals surface area contributed by atoms with Gasteiger partial charge in [0.1, 0.15) is 12.4 Å². The molecule has 3 N–H and O–H groups in total. The number of hydrogen-bond acceptors (Lipinski definition) is 4. The average Bonchev–Trinajstić information content (AvgIpc) is 2.73. The van der Waals surface area contributed by atoms with Crippen LogP contribution < -0.4 is 10.5 Å². The van der Waals surface area contributed by atoms with E-state index in [0.29, 0.717) is 22.4 Å². The summed E-state index contributed by atoms with van der Waals surface area (Å²) in [6, 6.07) is 8.04. The van der Waals surface area contributed by atoms with Crippen molar-refractivity contribution >= 4 is 34.6 Å². The van der Waals surface area contributed by atoms with Crippen molar-refractivity contribution in [2.75, 3.05) is 5.73 Å². The summed E-state index contributed by atoms with van der Waals surface area (Å²) in [5.74, 6) is -0.553. The van der Waals surface area contributed by atoms with E-state index < -0.39 is 5.97 Å². The van der Waals surface area contributed by atoms with Crippen LogP contribution in [0.3, 0.4) is 0 Å². The molecule has 94 valence electrons. The van der Waals surface area contributed by atoms with Gasteiger partial charge in [-0.05, 0) is 30.3 Å². The van der Waals surface area contributed by atoms with Crippen molar-refractivity contribution in [3.8, 4) is 5.75 Å². The Balaban J connectivity index is 2.08. The average molecular weight is 284 g/mol. The first-order chi connectivity index (χ1) is 8.56. The molecule has 18 heavy (non-hydrogen) atoms. The minimum Gasteiger partial charge on any atom is -0.486 e. The summed E-state index contributed by atoms with van der Waals surface area (Å²) < 4.78 is 6.20. The Morgan fingerprint density at radius 3 is 2.72 bits per heavy atom. The zero-order valence-electron chi connectivity index (χ0n) is 9.22. The third kappa shape index (κ3) is 2.94. The number of nitrogen functional groups attached to an aromatic ring is 1. The largest absolute Gasteiger partial charge is 0.486 e. The second kappa shape index (κ2) is 5.29. The first-order valence-corrected chi connectivity index (χ1v) is 6.25. The molecular formula is C12H10ClNO3S. The van der Waals surface area contributed by atoms with Crippen molar-refractivity contribution in [3.63, 3.8) is 0 Å². The first kappa shape index (κ1) is 12.7. The zero-order valence-corrected chi connectivity index (χ0v) is 10.8. The summed E-state index contributed by atoms with van der Waals surface area (Å²) in [6.45, 7) is 0.355. The third-order valence-corrected chi connectivity index (χ3v) is 3.46. The molecule has 0 saturated heterocycles. The monoisotopic (exact) mass is 283 g/mol. The number of carbonyl (C=O) groups is 1. The van der Waals surface area contributed by atoms with E-state index in [1.807, 2.05) is 6.07 Å². The van der Waals surface area contributed by atoms with Crippen LogP contribution in [0.25, 0.3) is 0 Å². The van der Waals surface area contributed by atoms with Crippen LogP contribution in [0, 0.1) is 0 Å². The predicted molar refractivity (Wildman–Crippen MR) is 71.5 cm³/mol. The summed E-state index contributed by atoms with van der Waals surface area (Å²) >= 11 is 7.23. The van der Waals surface area contributed by atoms with Crippen molar-refractivity contribution in [2.24, 2.45) is 0 Å². The van der Waals surface area contributed by atoms with E-state index in [1.165, 1.54) is 23.5 Å². The predicted octanol–water partition coefficient (Wildman–Crippen LogP) is 3.26. The van der Waals surface area contributed by atoms with E-state index in [1.54, 1.807) is 12.1 Å². The topological polar surface area (TPSA) is 72.6 Å². The number of ether oxygens (including phenoxy) is 1. The zero-order chi connectivity index (χ0) is 13.1. The number of thiophene rings is 1. The molecule has 6 heteroatoms. The lowest BCUT2D eigenvalue weighted by atomic mass is 10.2. The van der Waals surface area contributed by atoms with E-state index in [9.17, 15) is 4.79 Å². The smallest absolute Gasteiger partial charge is 0.335 e. The molecule has 0 aliphatic heterocycles. The summed E-state index contributed by atoms with van der Waals surface area (Å²) in [6.07, 6.45) is 0. The van der Waals surface area contributed by atoms with Crippen molar-refractivity contribution in [3.05, 3.63) is 45.1 Å². The molecule has 0 aliphatic carbocycles. The van der Waals surface area contributed by atoms with Gasteiger partial charge in [-0.15, -0.1) is 11.3 Å². The van der Waals surface area contributed by atoms with Crippen LogP contribution in [0.5, 0.6) is 5.75 Å². The van der Waals surface area contributed by atoms with Crippen LogP contribution in [0.1, 0.15) is 15.2 Å². The number of aromatic carboxylic acids is 1. The number of carboxylic acid groups (broad SMARTS) is 1. The Kier molecular flexibility index (Phi) is 3.74. The van der Waals surface area contributed by atoms with Gasteiger partial charge in [0.05, 0.1) is 15.6 Å². The normalized spacial score (nSPS) is 10.3. The van der Waals surface area contributed by atoms with E-state index >= 15 is 0 Å². The molecule has 0 unspecified atom stereocenters. The lowest BCUT2D eigenvalue weighted by Gasteiger charge is -2.08. The molecule has 1 aromatic heterocycles. The minimum atomic E-state index is -1.02. The van der Waals surface area contributed by atoms with Crippen molar-refractivity contribution in [1.29, 1.82) is 0 Å². The molecule has 2 rings (SSSR count). The highest BCUT2D eigenvalue weighted by molar-refractivity contribution is 7.16. The van der Waals surface area contributed by atoms with Gasteiger partial charge in [0.15, 0.2) is 0 Å². The van der Waals surface area contributed by atoms with E-state index in [0.717, 1.165) is 4.88 Å². The number of nitrogens with two attached hydrogens (primary N) is 1. The SMILES string of the molecule is Nc1cc(C(=O)O)ccc1OCc1ccc(Cl)s1. The second-order valence-electron chi connectivity index (χ2n) is 3.55. The first-order valence-electron chi connectivity index (χ1n) is 5.06. The molecule has 1 aromatic carbocycles. The fourth-order valence-corrected chi connectivity index (χ4v) is 2.39. The van der Waals surface area contributed by atoms with E-state index in [2.05, 4.69) is 0 Å². The third-order valence-electron chi connectivity index (χ3n) is 2.26. The standard InChI is InChI=1S/C12H10ClNO3S/c13-11-4-2-8(18-11)6-17-10-3-1-7(12(15)16)5-9(10)14/h1-5H,6,14H2,(H,15,16). The van der Waals surface area contributed by atoms with E-state index in [4.69, 9.17) is 27.2 Å². The molecule has 1 heterocycles. The van der Waals surface area contributed by atoms with E-state index in [-0.39, 0.29) is 5.56 Å². The van der Waals surface area contributed by atoms with Crippen molar-refractivity contribution < 1.29 is 14.6 Å². The number of carboxylic acids is 1. The number of benzene rings is 1. The van der Waals surface area contributed by atoms with Gasteiger partial charge in [-0.3, -0.25) is 0 Å². The molecule has 2 aromatic rings. The molecule has 0 radical (unpaired) electrons. The maximum atomic E-state index is 10.7. The fourth-order valence-electron chi connectivity index (χ4n) is 1.39. The molecule has 0 amide bonds. The maximum Gasteiger partial charge on any atom is 0.335 e. The molecule has 0 spiro atoms. The molecule has 4 nitrogen and oxygen atoms in total. The Morgan fingerprint density at radius 2 is 2.17 bits per heavy atom. The highest BCUT2D eigenvalue weighted by Gasteiger charge is 2.07. The van der Waals surface area contributed by atoms with Crippen LogP contribution >= 0.6 is 22.9 Å². The van der Waals surface area contributed by atoms with Gasteiger partial charge in [-0.25, -0.2) is 4.79 Å². The van der Waals surface area contributed by atoms with Crippen molar-refractivity contribution in [1.82, 2.24) is 0 Å². The van der Waals surface area contributed by atoms with Gasteiger partial charge in [0.2, 0.25) is 0 Å². The fraction of sp³-hybridized carbons (Fsp3) is 0.0833. The summed E-state index contributed by atoms with van der Waals surface area (Å²) in [7, 11) is 0. The summed E-state index contributed by atoms with van der Waals surface area (Å²) in [5.41, 5.74) is 6.16. The van der Waals surface area contributed by atoms with Gasteiger partial charge in [-0.1, -0.05) is 11.6 Å². The lowest BCUT2D eigenvalue weighted by molar-refractivity contribution is 0.0697. The quantitative estimate of drug-likeness (QED) is 0.845. The molecular weight excluding hydrogens is 274 g/mol. The number of anilines is 1. The van der Waals surface area contributed by atoms with Crippen LogP contribution in [-0.2, 0) is 6.61 Å². The molecule has 0 fully saturated rings. The Labute approximate surface area is 113 Å². The Hall–Kier alpha value is -1.72. The van der Waals surface area contributed by atoms with Gasteiger partial charge < -0.3 is 15.6 Å².